The Morgan fingerprint density at radius 2 is 1.90 bits per heavy atom. The van der Waals surface area contributed by atoms with Crippen molar-refractivity contribution < 1.29 is 9.59 Å². The van der Waals surface area contributed by atoms with E-state index in [-0.39, 0.29) is 11.7 Å². The minimum absolute atomic E-state index is 0.0999. The minimum Gasteiger partial charge on any atom is -0.354 e. The zero-order chi connectivity index (χ0) is 21.6. The fourth-order valence-corrected chi connectivity index (χ4v) is 4.43. The van der Waals surface area contributed by atoms with Gasteiger partial charge < -0.3 is 9.88 Å². The quantitative estimate of drug-likeness (QED) is 0.708. The van der Waals surface area contributed by atoms with Gasteiger partial charge in [0, 0.05) is 42.5 Å². The molecule has 1 N–H and O–H groups in total. The molecule has 1 aliphatic rings. The van der Waals surface area contributed by atoms with Crippen LogP contribution in [0.5, 0.6) is 0 Å². The van der Waals surface area contributed by atoms with Crippen molar-refractivity contribution in [2.24, 2.45) is 0 Å². The van der Waals surface area contributed by atoms with Crippen molar-refractivity contribution in [3.8, 4) is 5.69 Å². The lowest BCUT2D eigenvalue weighted by molar-refractivity contribution is 0.0778. The van der Waals surface area contributed by atoms with Gasteiger partial charge in [0.15, 0.2) is 5.78 Å². The lowest BCUT2D eigenvalue weighted by atomic mass is 9.94. The Morgan fingerprint density at radius 1 is 1.17 bits per heavy atom. The van der Waals surface area contributed by atoms with Gasteiger partial charge in [0.1, 0.15) is 5.69 Å². The van der Waals surface area contributed by atoms with Gasteiger partial charge in [-0.15, -0.1) is 0 Å². The van der Waals surface area contributed by atoms with Gasteiger partial charge in [-0.25, -0.2) is 4.68 Å². The van der Waals surface area contributed by atoms with Crippen molar-refractivity contribution in [2.75, 3.05) is 7.05 Å². The van der Waals surface area contributed by atoms with E-state index in [1.165, 1.54) is 0 Å². The summed E-state index contributed by atoms with van der Waals surface area (Å²) in [4.78, 5) is 30.4. The highest BCUT2D eigenvalue weighted by molar-refractivity contribution is 6.04. The summed E-state index contributed by atoms with van der Waals surface area (Å²) in [7, 11) is 1.80. The lowest BCUT2D eigenvalue weighted by Crippen LogP contribution is -2.27. The van der Waals surface area contributed by atoms with Crippen molar-refractivity contribution in [1.82, 2.24) is 19.7 Å². The molecule has 30 heavy (non-hydrogen) atoms. The van der Waals surface area contributed by atoms with Crippen molar-refractivity contribution in [2.45, 2.75) is 53.5 Å². The number of aromatic amines is 1. The van der Waals surface area contributed by atoms with Crippen LogP contribution in [0.25, 0.3) is 5.69 Å². The zero-order valence-electron chi connectivity index (χ0n) is 18.3. The monoisotopic (exact) mass is 404 g/mol. The van der Waals surface area contributed by atoms with Gasteiger partial charge in [0.25, 0.3) is 5.91 Å². The molecule has 0 radical (unpaired) electrons. The molecule has 0 aliphatic heterocycles. The molecular formula is C24H28N4O2. The van der Waals surface area contributed by atoms with E-state index in [0.29, 0.717) is 18.7 Å². The van der Waals surface area contributed by atoms with Gasteiger partial charge in [-0.05, 0) is 57.7 Å². The van der Waals surface area contributed by atoms with Crippen molar-refractivity contribution >= 4 is 11.7 Å². The first-order chi connectivity index (χ1) is 14.3. The number of carbonyl (C=O) groups excluding carboxylic acids is 2. The topological polar surface area (TPSA) is 71.0 Å². The number of para-hydroxylation sites is 1. The number of nitrogens with zero attached hydrogens (tertiary/aromatic N) is 3. The van der Waals surface area contributed by atoms with Crippen LogP contribution in [0.2, 0.25) is 0 Å². The number of Topliss-reactive ketones (excluding diaryl/α,β-unsaturated/α-hetero) is 1. The van der Waals surface area contributed by atoms with Crippen LogP contribution in [-0.4, -0.2) is 38.4 Å². The highest BCUT2D eigenvalue weighted by atomic mass is 16.2. The highest BCUT2D eigenvalue weighted by Gasteiger charge is 2.28. The first-order valence-corrected chi connectivity index (χ1v) is 10.4. The summed E-state index contributed by atoms with van der Waals surface area (Å²) in [6.45, 7) is 8.41. The summed E-state index contributed by atoms with van der Waals surface area (Å²) in [6.07, 6.45) is 2.22. The molecule has 0 saturated carbocycles. The molecule has 0 bridgehead atoms. The summed E-state index contributed by atoms with van der Waals surface area (Å²) in [5.74, 6) is 0.0371. The standard InChI is InChI=1S/C24H28N4O2/c1-14-9-6-7-11-20(14)28-17(4)18(16(3)26-28)13-27(5)24(30)23-15(2)22-19(25-23)10-8-12-21(22)29/h6-7,9,11,25H,8,10,12-13H2,1-5H3. The average molecular weight is 405 g/mol. The normalized spacial score (nSPS) is 13.4. The van der Waals surface area contributed by atoms with E-state index in [0.717, 1.165) is 57.9 Å². The fourth-order valence-electron chi connectivity index (χ4n) is 4.43. The van der Waals surface area contributed by atoms with Crippen molar-refractivity contribution in [1.29, 1.82) is 0 Å². The van der Waals surface area contributed by atoms with Crippen LogP contribution in [0.3, 0.4) is 0 Å². The number of hydrogen-bond donors (Lipinski definition) is 1. The Bertz CT molecular complexity index is 1150. The van der Waals surface area contributed by atoms with E-state index in [4.69, 9.17) is 5.10 Å². The molecule has 0 unspecified atom stereocenters. The van der Waals surface area contributed by atoms with Crippen LogP contribution in [0.1, 0.15) is 67.5 Å². The summed E-state index contributed by atoms with van der Waals surface area (Å²) >= 11 is 0. The van der Waals surface area contributed by atoms with Gasteiger partial charge >= 0.3 is 0 Å². The molecule has 6 nitrogen and oxygen atoms in total. The van der Waals surface area contributed by atoms with E-state index in [1.54, 1.807) is 11.9 Å². The number of fused-ring (bicyclic) bond motifs is 1. The summed E-state index contributed by atoms with van der Waals surface area (Å²) in [5, 5.41) is 4.73. The van der Waals surface area contributed by atoms with E-state index >= 15 is 0 Å². The Labute approximate surface area is 176 Å². The molecule has 1 aromatic carbocycles. The van der Waals surface area contributed by atoms with Crippen LogP contribution >= 0.6 is 0 Å². The van der Waals surface area contributed by atoms with E-state index in [1.807, 2.05) is 37.6 Å². The van der Waals surface area contributed by atoms with Gasteiger partial charge in [-0.2, -0.15) is 5.10 Å². The number of rotatable bonds is 4. The number of ketones is 1. The van der Waals surface area contributed by atoms with Crippen LogP contribution in [0, 0.1) is 27.7 Å². The number of aryl methyl sites for hydroxylation is 3. The lowest BCUT2D eigenvalue weighted by Gasteiger charge is -2.17. The molecule has 2 aromatic heterocycles. The number of nitrogens with one attached hydrogen (secondary N) is 1. The maximum atomic E-state index is 13.2. The SMILES string of the molecule is Cc1ccccc1-n1nc(C)c(CN(C)C(=O)c2[nH]c3c(c2C)C(=O)CCC3)c1C. The Kier molecular flexibility index (Phi) is 5.10. The average Bonchev–Trinajstić information content (AvgIpc) is 3.20. The predicted octanol–water partition coefficient (Wildman–Crippen LogP) is 4.23. The molecule has 1 aliphatic carbocycles. The Hall–Kier alpha value is -3.15. The number of benzene rings is 1. The second-order valence-electron chi connectivity index (χ2n) is 8.26. The number of carbonyl (C=O) groups is 2. The molecule has 0 saturated heterocycles. The Morgan fingerprint density at radius 3 is 2.60 bits per heavy atom. The van der Waals surface area contributed by atoms with Crippen molar-refractivity contribution in [3.63, 3.8) is 0 Å². The zero-order valence-corrected chi connectivity index (χ0v) is 18.3. The molecule has 156 valence electrons. The summed E-state index contributed by atoms with van der Waals surface area (Å²) in [6, 6.07) is 8.14. The van der Waals surface area contributed by atoms with Crippen LogP contribution < -0.4 is 0 Å². The second kappa shape index (κ2) is 7.59. The maximum Gasteiger partial charge on any atom is 0.270 e. The number of hydrogen-bond acceptors (Lipinski definition) is 3. The third kappa shape index (κ3) is 3.26. The maximum absolute atomic E-state index is 13.2. The molecule has 4 rings (SSSR count). The molecule has 3 aromatic rings. The third-order valence-electron chi connectivity index (χ3n) is 6.18. The Balaban J connectivity index is 1.62. The van der Waals surface area contributed by atoms with Crippen LogP contribution in [-0.2, 0) is 13.0 Å². The van der Waals surface area contributed by atoms with Gasteiger partial charge in [0.2, 0.25) is 0 Å². The number of aromatic nitrogens is 3. The molecule has 0 fully saturated rings. The molecule has 0 atom stereocenters. The van der Waals surface area contributed by atoms with E-state index in [2.05, 4.69) is 24.0 Å². The van der Waals surface area contributed by atoms with Gasteiger partial charge in [-0.1, -0.05) is 18.2 Å². The molecule has 1 amide bonds. The molecular weight excluding hydrogens is 376 g/mol. The fraction of sp³-hybridized carbons (Fsp3) is 0.375. The van der Waals surface area contributed by atoms with Crippen LogP contribution in [0.4, 0.5) is 0 Å². The van der Waals surface area contributed by atoms with Crippen LogP contribution in [0.15, 0.2) is 24.3 Å². The first-order valence-electron chi connectivity index (χ1n) is 10.4. The third-order valence-corrected chi connectivity index (χ3v) is 6.18. The predicted molar refractivity (Wildman–Crippen MR) is 116 cm³/mol. The summed E-state index contributed by atoms with van der Waals surface area (Å²) < 4.78 is 1.95. The number of amides is 1. The summed E-state index contributed by atoms with van der Waals surface area (Å²) in [5.41, 5.74) is 8.10. The molecule has 6 heteroatoms. The van der Waals surface area contributed by atoms with E-state index in [9.17, 15) is 9.59 Å². The minimum atomic E-state index is -0.0999. The second-order valence-corrected chi connectivity index (χ2v) is 8.26. The first kappa shape index (κ1) is 20.1. The van der Waals surface area contributed by atoms with E-state index < -0.39 is 0 Å². The molecule has 2 heterocycles. The van der Waals surface area contributed by atoms with Gasteiger partial charge in [-0.3, -0.25) is 9.59 Å². The number of H-pyrrole nitrogens is 1. The van der Waals surface area contributed by atoms with Gasteiger partial charge in [0.05, 0.1) is 11.4 Å². The highest BCUT2D eigenvalue weighted by Crippen LogP contribution is 2.28. The largest absolute Gasteiger partial charge is 0.354 e. The van der Waals surface area contributed by atoms with Crippen molar-refractivity contribution in [3.05, 3.63) is 69.3 Å². The molecule has 0 spiro atoms. The smallest absolute Gasteiger partial charge is 0.270 e.